The first kappa shape index (κ1) is 20.3. The van der Waals surface area contributed by atoms with E-state index in [1.165, 1.54) is 12.3 Å². The van der Waals surface area contributed by atoms with Crippen LogP contribution in [-0.4, -0.2) is 11.9 Å². The summed E-state index contributed by atoms with van der Waals surface area (Å²) < 4.78 is 15.9. The summed E-state index contributed by atoms with van der Waals surface area (Å²) in [6, 6.07) is 22.1. The quantitative estimate of drug-likeness (QED) is 0.231. The Labute approximate surface area is 187 Å². The number of rotatable bonds is 5. The number of carbonyl (C=O) groups is 2. The van der Waals surface area contributed by atoms with Gasteiger partial charge in [-0.1, -0.05) is 30.3 Å². The van der Waals surface area contributed by atoms with Gasteiger partial charge in [-0.3, -0.25) is 4.79 Å². The number of anilines is 1. The van der Waals surface area contributed by atoms with Crippen molar-refractivity contribution >= 4 is 39.3 Å². The number of hydrogen-bond acceptors (Lipinski definition) is 6. The standard InChI is InChI=1S/C26H17NO6/c28-23-14-18(24-20-5-2-1-4-16(20)9-12-21(24)33-23)15-32-26(30)17-7-10-19(11-8-17)27-25(29)22-6-3-13-31-22/h1-14H,15H2,(H,27,29). The number of esters is 1. The third-order valence-corrected chi connectivity index (χ3v) is 5.20. The van der Waals surface area contributed by atoms with Crippen LogP contribution in [-0.2, 0) is 11.3 Å². The van der Waals surface area contributed by atoms with Crippen LogP contribution in [0.5, 0.6) is 0 Å². The van der Waals surface area contributed by atoms with Gasteiger partial charge in [-0.2, -0.15) is 0 Å². The van der Waals surface area contributed by atoms with E-state index >= 15 is 0 Å². The van der Waals surface area contributed by atoms with Crippen molar-refractivity contribution < 1.29 is 23.2 Å². The Morgan fingerprint density at radius 2 is 1.73 bits per heavy atom. The molecule has 33 heavy (non-hydrogen) atoms. The van der Waals surface area contributed by atoms with Gasteiger partial charge in [0.05, 0.1) is 11.8 Å². The fraction of sp³-hybridized carbons (Fsp3) is 0.0385. The molecule has 5 aromatic rings. The molecule has 7 nitrogen and oxygen atoms in total. The Kier molecular flexibility index (Phi) is 5.20. The van der Waals surface area contributed by atoms with E-state index < -0.39 is 17.5 Å². The van der Waals surface area contributed by atoms with E-state index in [0.29, 0.717) is 22.4 Å². The smallest absolute Gasteiger partial charge is 0.338 e. The molecule has 0 bridgehead atoms. The van der Waals surface area contributed by atoms with Crippen LogP contribution in [0.3, 0.4) is 0 Å². The third kappa shape index (κ3) is 4.12. The summed E-state index contributed by atoms with van der Waals surface area (Å²) in [6.45, 7) is -0.0913. The van der Waals surface area contributed by atoms with Crippen LogP contribution in [0.2, 0.25) is 0 Å². The monoisotopic (exact) mass is 439 g/mol. The van der Waals surface area contributed by atoms with Crippen LogP contribution in [0.15, 0.2) is 98.8 Å². The Morgan fingerprint density at radius 3 is 2.52 bits per heavy atom. The number of fused-ring (bicyclic) bond motifs is 3. The molecule has 2 heterocycles. The lowest BCUT2D eigenvalue weighted by atomic mass is 10.0. The molecule has 3 aromatic carbocycles. The second-order valence-corrected chi connectivity index (χ2v) is 7.34. The highest BCUT2D eigenvalue weighted by atomic mass is 16.5. The first-order valence-electron chi connectivity index (χ1n) is 10.1. The number of hydrogen-bond donors (Lipinski definition) is 1. The molecule has 2 aromatic heterocycles. The summed E-state index contributed by atoms with van der Waals surface area (Å²) >= 11 is 0. The third-order valence-electron chi connectivity index (χ3n) is 5.20. The van der Waals surface area contributed by atoms with Crippen LogP contribution in [0.4, 0.5) is 5.69 Å². The molecule has 0 aliphatic carbocycles. The van der Waals surface area contributed by atoms with Crippen LogP contribution < -0.4 is 10.9 Å². The number of furan rings is 1. The number of carbonyl (C=O) groups excluding carboxylic acids is 2. The summed E-state index contributed by atoms with van der Waals surface area (Å²) in [5.41, 5.74) is 1.30. The minimum atomic E-state index is -0.555. The first-order valence-corrected chi connectivity index (χ1v) is 10.1. The van der Waals surface area contributed by atoms with Gasteiger partial charge in [0.2, 0.25) is 0 Å². The molecule has 0 unspecified atom stereocenters. The van der Waals surface area contributed by atoms with Crippen molar-refractivity contribution in [3.05, 3.63) is 112 Å². The lowest BCUT2D eigenvalue weighted by molar-refractivity contribution is 0.0474. The minimum Gasteiger partial charge on any atom is -0.459 e. The maximum Gasteiger partial charge on any atom is 0.338 e. The molecule has 5 rings (SSSR count). The molecule has 162 valence electrons. The van der Waals surface area contributed by atoms with Gasteiger partial charge in [-0.05, 0) is 53.2 Å². The Morgan fingerprint density at radius 1 is 0.909 bits per heavy atom. The fourth-order valence-corrected chi connectivity index (χ4v) is 3.65. The predicted octanol–water partition coefficient (Wildman–Crippen LogP) is 5.15. The van der Waals surface area contributed by atoms with E-state index in [1.807, 2.05) is 30.3 Å². The molecule has 0 atom stereocenters. The number of ether oxygens (including phenoxy) is 1. The molecule has 0 radical (unpaired) electrons. The zero-order chi connectivity index (χ0) is 22.8. The van der Waals surface area contributed by atoms with Crippen LogP contribution in [0.25, 0.3) is 21.7 Å². The first-order chi connectivity index (χ1) is 16.1. The van der Waals surface area contributed by atoms with E-state index in [0.717, 1.165) is 16.2 Å². The van der Waals surface area contributed by atoms with Crippen molar-refractivity contribution in [3.8, 4) is 0 Å². The van der Waals surface area contributed by atoms with E-state index in [9.17, 15) is 14.4 Å². The summed E-state index contributed by atoms with van der Waals surface area (Å²) in [5.74, 6) is -0.761. The van der Waals surface area contributed by atoms with Crippen molar-refractivity contribution in [2.75, 3.05) is 5.32 Å². The maximum absolute atomic E-state index is 12.6. The van der Waals surface area contributed by atoms with Crippen molar-refractivity contribution in [2.24, 2.45) is 0 Å². The van der Waals surface area contributed by atoms with Crippen molar-refractivity contribution in [2.45, 2.75) is 6.61 Å². The van der Waals surface area contributed by atoms with Crippen LogP contribution in [0.1, 0.15) is 26.5 Å². The fourth-order valence-electron chi connectivity index (χ4n) is 3.65. The Hall–Kier alpha value is -4.65. The van der Waals surface area contributed by atoms with E-state index in [-0.39, 0.29) is 12.4 Å². The highest BCUT2D eigenvalue weighted by Crippen LogP contribution is 2.28. The van der Waals surface area contributed by atoms with Gasteiger partial charge in [0.1, 0.15) is 12.2 Å². The molecule has 0 aliphatic heterocycles. The van der Waals surface area contributed by atoms with Gasteiger partial charge in [-0.15, -0.1) is 0 Å². The van der Waals surface area contributed by atoms with Gasteiger partial charge in [0, 0.05) is 22.7 Å². The van der Waals surface area contributed by atoms with E-state index in [2.05, 4.69) is 5.32 Å². The lowest BCUT2D eigenvalue weighted by Crippen LogP contribution is -2.11. The molecule has 1 amide bonds. The highest BCUT2D eigenvalue weighted by Gasteiger charge is 2.14. The second-order valence-electron chi connectivity index (χ2n) is 7.34. The van der Waals surface area contributed by atoms with Crippen molar-refractivity contribution in [3.63, 3.8) is 0 Å². The average molecular weight is 439 g/mol. The number of nitrogens with one attached hydrogen (secondary N) is 1. The summed E-state index contributed by atoms with van der Waals surface area (Å²) in [5, 5.41) is 5.30. The van der Waals surface area contributed by atoms with Crippen molar-refractivity contribution in [1.82, 2.24) is 0 Å². The molecule has 0 saturated carbocycles. The maximum atomic E-state index is 12.6. The topological polar surface area (TPSA) is 98.8 Å². The Bertz CT molecular complexity index is 1530. The van der Waals surface area contributed by atoms with Gasteiger partial charge >= 0.3 is 11.6 Å². The van der Waals surface area contributed by atoms with Gasteiger partial charge < -0.3 is 18.9 Å². The Balaban J connectivity index is 1.34. The normalized spacial score (nSPS) is 10.9. The van der Waals surface area contributed by atoms with Gasteiger partial charge in [-0.25, -0.2) is 9.59 Å². The zero-order valence-electron chi connectivity index (χ0n) is 17.2. The minimum absolute atomic E-state index is 0.0913. The summed E-state index contributed by atoms with van der Waals surface area (Å²) in [7, 11) is 0. The van der Waals surface area contributed by atoms with E-state index in [4.69, 9.17) is 13.6 Å². The zero-order valence-corrected chi connectivity index (χ0v) is 17.2. The van der Waals surface area contributed by atoms with Crippen LogP contribution in [0, 0.1) is 0 Å². The SMILES string of the molecule is O=C(OCc1cc(=O)oc2ccc3ccccc3c12)c1ccc(NC(=O)c2ccco2)cc1. The molecule has 7 heteroatoms. The van der Waals surface area contributed by atoms with Crippen molar-refractivity contribution in [1.29, 1.82) is 0 Å². The molecular formula is C26H17NO6. The van der Waals surface area contributed by atoms with E-state index in [1.54, 1.807) is 42.5 Å². The molecule has 0 fully saturated rings. The van der Waals surface area contributed by atoms with Crippen LogP contribution >= 0.6 is 0 Å². The summed E-state index contributed by atoms with van der Waals surface area (Å²) in [6.07, 6.45) is 1.41. The lowest BCUT2D eigenvalue weighted by Gasteiger charge is -2.10. The molecule has 0 saturated heterocycles. The number of benzene rings is 3. The second kappa shape index (κ2) is 8.47. The van der Waals surface area contributed by atoms with Gasteiger partial charge in [0.25, 0.3) is 5.91 Å². The summed E-state index contributed by atoms with van der Waals surface area (Å²) in [4.78, 5) is 36.7. The molecular weight excluding hydrogens is 422 g/mol. The molecule has 0 aliphatic rings. The van der Waals surface area contributed by atoms with Gasteiger partial charge in [0.15, 0.2) is 5.76 Å². The number of amides is 1. The molecule has 0 spiro atoms. The highest BCUT2D eigenvalue weighted by molar-refractivity contribution is 6.07. The predicted molar refractivity (Wildman–Crippen MR) is 122 cm³/mol. The average Bonchev–Trinajstić information content (AvgIpc) is 3.38. The largest absolute Gasteiger partial charge is 0.459 e. The molecule has 1 N–H and O–H groups in total.